The van der Waals surface area contributed by atoms with E-state index in [0.29, 0.717) is 18.0 Å². The molecular weight excluding hydrogens is 406 g/mol. The van der Waals surface area contributed by atoms with Crippen molar-refractivity contribution in [3.8, 4) is 0 Å². The number of hydrogen-bond donors (Lipinski definition) is 1. The maximum atomic E-state index is 12.1. The average Bonchev–Trinajstić information content (AvgIpc) is 2.78. The Morgan fingerprint density at radius 2 is 2.00 bits per heavy atom. The van der Waals surface area contributed by atoms with Crippen LogP contribution in [0.5, 0.6) is 0 Å². The molecule has 0 saturated heterocycles. The maximum Gasteiger partial charge on any atom is 0.261 e. The molecule has 2 rings (SSSR count). The van der Waals surface area contributed by atoms with Crippen molar-refractivity contribution >= 4 is 49.1 Å². The summed E-state index contributed by atoms with van der Waals surface area (Å²) in [6.07, 6.45) is 0. The van der Waals surface area contributed by atoms with E-state index in [0.717, 1.165) is 19.4 Å². The third-order valence-corrected chi connectivity index (χ3v) is 5.98. The highest BCUT2D eigenvalue weighted by atomic mass is 79.9. The molecule has 1 N–H and O–H groups in total. The summed E-state index contributed by atoms with van der Waals surface area (Å²) in [5.74, 6) is -0.0754. The molecule has 0 radical (unpaired) electrons. The second-order valence-electron chi connectivity index (χ2n) is 4.12. The highest BCUT2D eigenvalue weighted by Gasteiger charge is 2.12. The summed E-state index contributed by atoms with van der Waals surface area (Å²) in [7, 11) is 1.66. The van der Waals surface area contributed by atoms with E-state index in [4.69, 9.17) is 4.74 Å². The van der Waals surface area contributed by atoms with Gasteiger partial charge in [0.2, 0.25) is 0 Å². The van der Waals surface area contributed by atoms with Crippen LogP contribution in [0.25, 0.3) is 0 Å². The molecule has 0 fully saturated rings. The van der Waals surface area contributed by atoms with Gasteiger partial charge in [-0.25, -0.2) is 0 Å². The molecule has 0 atom stereocenters. The predicted molar refractivity (Wildman–Crippen MR) is 88.0 cm³/mol. The fourth-order valence-electron chi connectivity index (χ4n) is 1.75. The van der Waals surface area contributed by atoms with Crippen LogP contribution in [0, 0.1) is 0 Å². The van der Waals surface area contributed by atoms with Gasteiger partial charge in [0.1, 0.15) is 0 Å². The first kappa shape index (κ1) is 15.7. The zero-order valence-corrected chi connectivity index (χ0v) is 14.8. The lowest BCUT2D eigenvalue weighted by Gasteiger charge is -2.09. The van der Waals surface area contributed by atoms with E-state index < -0.39 is 0 Å². The number of hydrogen-bond acceptors (Lipinski definition) is 3. The fourth-order valence-corrected chi connectivity index (χ4v) is 3.70. The van der Waals surface area contributed by atoms with Gasteiger partial charge in [-0.05, 0) is 49.1 Å². The lowest BCUT2D eigenvalue weighted by molar-refractivity contribution is 0.0954. The number of benzene rings is 1. The molecule has 0 unspecified atom stereocenters. The topological polar surface area (TPSA) is 38.3 Å². The average molecular weight is 419 g/mol. The first-order chi connectivity index (χ1) is 9.61. The van der Waals surface area contributed by atoms with E-state index in [9.17, 15) is 4.79 Å². The number of ether oxygens (including phenoxy) is 1. The van der Waals surface area contributed by atoms with Gasteiger partial charge < -0.3 is 10.1 Å². The Morgan fingerprint density at radius 3 is 2.60 bits per heavy atom. The number of amides is 1. The van der Waals surface area contributed by atoms with Gasteiger partial charge in [0.15, 0.2) is 0 Å². The van der Waals surface area contributed by atoms with Crippen LogP contribution in [-0.2, 0) is 17.9 Å². The van der Waals surface area contributed by atoms with E-state index in [-0.39, 0.29) is 5.91 Å². The van der Waals surface area contributed by atoms with Crippen LogP contribution in [0.3, 0.4) is 0 Å². The van der Waals surface area contributed by atoms with Crippen molar-refractivity contribution in [1.29, 1.82) is 0 Å². The van der Waals surface area contributed by atoms with Gasteiger partial charge in [0.05, 0.1) is 15.3 Å². The first-order valence-corrected chi connectivity index (χ1v) is 8.31. The third kappa shape index (κ3) is 3.91. The largest absolute Gasteiger partial charge is 0.380 e. The highest BCUT2D eigenvalue weighted by molar-refractivity contribution is 9.13. The Bertz CT molecular complexity index is 593. The quantitative estimate of drug-likeness (QED) is 0.783. The molecule has 0 spiro atoms. The number of carbonyl (C=O) groups is 1. The van der Waals surface area contributed by atoms with Gasteiger partial charge >= 0.3 is 0 Å². The van der Waals surface area contributed by atoms with Crippen molar-refractivity contribution in [3.63, 3.8) is 0 Å². The van der Waals surface area contributed by atoms with Crippen LogP contribution in [0.4, 0.5) is 0 Å². The summed E-state index contributed by atoms with van der Waals surface area (Å²) in [6, 6.07) is 9.73. The summed E-state index contributed by atoms with van der Waals surface area (Å²) in [6.45, 7) is 1.04. The number of carbonyl (C=O) groups excluding carboxylic acids is 1. The molecule has 1 amide bonds. The molecule has 2 aromatic rings. The van der Waals surface area contributed by atoms with Crippen LogP contribution in [-0.4, -0.2) is 13.0 Å². The molecule has 106 valence electrons. The molecule has 0 aliphatic carbocycles. The second kappa shape index (κ2) is 7.36. The standard InChI is InChI=1S/C14H13Br2NO2S/c1-19-8-10-5-3-2-4-9(10)7-17-14(18)12-6-11(15)13(16)20-12/h2-6H,7-8H2,1H3,(H,17,18). The zero-order valence-electron chi connectivity index (χ0n) is 10.8. The number of halogens is 2. The van der Waals surface area contributed by atoms with Gasteiger partial charge in [-0.15, -0.1) is 11.3 Å². The van der Waals surface area contributed by atoms with Crippen LogP contribution in [0.1, 0.15) is 20.8 Å². The molecule has 0 bridgehead atoms. The molecule has 6 heteroatoms. The van der Waals surface area contributed by atoms with E-state index in [1.54, 1.807) is 7.11 Å². The smallest absolute Gasteiger partial charge is 0.261 e. The van der Waals surface area contributed by atoms with Gasteiger partial charge in [-0.1, -0.05) is 24.3 Å². The number of rotatable bonds is 5. The zero-order chi connectivity index (χ0) is 14.5. The number of methoxy groups -OCH3 is 1. The Morgan fingerprint density at radius 1 is 1.30 bits per heavy atom. The number of thiophene rings is 1. The van der Waals surface area contributed by atoms with E-state index >= 15 is 0 Å². The number of nitrogens with one attached hydrogen (secondary N) is 1. The van der Waals surface area contributed by atoms with Crippen molar-refractivity contribution in [2.75, 3.05) is 7.11 Å². The molecule has 3 nitrogen and oxygen atoms in total. The Balaban J connectivity index is 2.03. The Hall–Kier alpha value is -0.690. The molecule has 0 aliphatic rings. The molecule has 0 aliphatic heterocycles. The monoisotopic (exact) mass is 417 g/mol. The molecular formula is C14H13Br2NO2S. The summed E-state index contributed by atoms with van der Waals surface area (Å²) < 4.78 is 6.97. The van der Waals surface area contributed by atoms with Crippen molar-refractivity contribution in [3.05, 3.63) is 54.6 Å². The summed E-state index contributed by atoms with van der Waals surface area (Å²) in [4.78, 5) is 12.8. The highest BCUT2D eigenvalue weighted by Crippen LogP contribution is 2.32. The van der Waals surface area contributed by atoms with Crippen LogP contribution >= 0.6 is 43.2 Å². The molecule has 1 aromatic heterocycles. The minimum absolute atomic E-state index is 0.0754. The van der Waals surface area contributed by atoms with Gasteiger partial charge in [-0.3, -0.25) is 4.79 Å². The van der Waals surface area contributed by atoms with Gasteiger partial charge in [0.25, 0.3) is 5.91 Å². The van der Waals surface area contributed by atoms with Crippen molar-refractivity contribution < 1.29 is 9.53 Å². The van der Waals surface area contributed by atoms with Crippen LogP contribution < -0.4 is 5.32 Å². The summed E-state index contributed by atoms with van der Waals surface area (Å²) >= 11 is 8.17. The van der Waals surface area contributed by atoms with Gasteiger partial charge in [-0.2, -0.15) is 0 Å². The maximum absolute atomic E-state index is 12.1. The summed E-state index contributed by atoms with van der Waals surface area (Å²) in [5.41, 5.74) is 2.15. The van der Waals surface area contributed by atoms with Crippen LogP contribution in [0.2, 0.25) is 0 Å². The van der Waals surface area contributed by atoms with Crippen molar-refractivity contribution in [2.45, 2.75) is 13.2 Å². The summed E-state index contributed by atoms with van der Waals surface area (Å²) in [5, 5.41) is 2.93. The van der Waals surface area contributed by atoms with E-state index in [1.807, 2.05) is 30.3 Å². The molecule has 20 heavy (non-hydrogen) atoms. The Kier molecular flexibility index (Phi) is 5.77. The lowest BCUT2D eigenvalue weighted by Crippen LogP contribution is -2.22. The first-order valence-electron chi connectivity index (χ1n) is 5.90. The van der Waals surface area contributed by atoms with E-state index in [2.05, 4.69) is 37.2 Å². The fraction of sp³-hybridized carbons (Fsp3) is 0.214. The van der Waals surface area contributed by atoms with Crippen LogP contribution in [0.15, 0.2) is 38.6 Å². The predicted octanol–water partition coefficient (Wildman–Crippen LogP) is 4.35. The van der Waals surface area contributed by atoms with Gasteiger partial charge in [0, 0.05) is 18.1 Å². The third-order valence-electron chi connectivity index (χ3n) is 2.73. The Labute approximate surface area is 138 Å². The second-order valence-corrected chi connectivity index (χ2v) is 7.34. The minimum atomic E-state index is -0.0754. The molecule has 0 saturated carbocycles. The molecule has 1 aromatic carbocycles. The van der Waals surface area contributed by atoms with Crippen molar-refractivity contribution in [1.82, 2.24) is 5.32 Å². The normalized spacial score (nSPS) is 10.6. The van der Waals surface area contributed by atoms with E-state index in [1.165, 1.54) is 11.3 Å². The lowest BCUT2D eigenvalue weighted by atomic mass is 10.1. The van der Waals surface area contributed by atoms with Crippen molar-refractivity contribution in [2.24, 2.45) is 0 Å². The molecule has 1 heterocycles. The minimum Gasteiger partial charge on any atom is -0.380 e. The SMILES string of the molecule is COCc1ccccc1CNC(=O)c1cc(Br)c(Br)s1.